The van der Waals surface area contributed by atoms with Crippen LogP contribution in [0.15, 0.2) is 66.7 Å². The van der Waals surface area contributed by atoms with Crippen LogP contribution in [0.4, 0.5) is 4.39 Å². The molecule has 0 N–H and O–H groups in total. The Morgan fingerprint density at radius 2 is 1.61 bits per heavy atom. The summed E-state index contributed by atoms with van der Waals surface area (Å²) in [4.78, 5) is 14.6. The van der Waals surface area contributed by atoms with Gasteiger partial charge in [-0.1, -0.05) is 35.4 Å². The average molecular weight is 418 g/mol. The van der Waals surface area contributed by atoms with Crippen molar-refractivity contribution >= 4 is 11.9 Å². The summed E-state index contributed by atoms with van der Waals surface area (Å²) in [6.07, 6.45) is 3.27. The van der Waals surface area contributed by atoms with E-state index < -0.39 is 0 Å². The second-order valence-electron chi connectivity index (χ2n) is 7.99. The van der Waals surface area contributed by atoms with Crippen molar-refractivity contribution in [2.24, 2.45) is 0 Å². The van der Waals surface area contributed by atoms with Gasteiger partial charge in [-0.25, -0.2) is 4.39 Å². The zero-order valence-electron chi connectivity index (χ0n) is 18.5. The number of hydrogen-bond acceptors (Lipinski definition) is 3. The maximum atomic E-state index is 13.1. The van der Waals surface area contributed by atoms with E-state index in [4.69, 9.17) is 4.74 Å². The second kappa shape index (κ2) is 10.2. The van der Waals surface area contributed by atoms with Gasteiger partial charge in [0.25, 0.3) is 0 Å². The molecule has 160 valence electrons. The van der Waals surface area contributed by atoms with Gasteiger partial charge >= 0.3 is 0 Å². The van der Waals surface area contributed by atoms with Gasteiger partial charge in [0.05, 0.1) is 0 Å². The van der Waals surface area contributed by atoms with Gasteiger partial charge in [0.2, 0.25) is 0 Å². The number of benzene rings is 3. The van der Waals surface area contributed by atoms with Gasteiger partial charge in [-0.15, -0.1) is 0 Å². The average Bonchev–Trinajstić information content (AvgIpc) is 2.72. The molecule has 0 aliphatic carbocycles. The molecule has 0 bridgehead atoms. The molecule has 0 aromatic heterocycles. The van der Waals surface area contributed by atoms with Gasteiger partial charge in [0, 0.05) is 17.7 Å². The Morgan fingerprint density at radius 1 is 0.935 bits per heavy atom. The summed E-state index contributed by atoms with van der Waals surface area (Å²) in [5.74, 6) is 0.174. The Morgan fingerprint density at radius 3 is 2.26 bits per heavy atom. The van der Waals surface area contributed by atoms with E-state index >= 15 is 0 Å². The molecule has 0 unspecified atom stereocenters. The van der Waals surface area contributed by atoms with Gasteiger partial charge < -0.3 is 9.64 Å². The van der Waals surface area contributed by atoms with Crippen molar-refractivity contribution in [3.05, 3.63) is 94.8 Å². The number of nitrogens with zero attached hydrogens (tertiary/aromatic N) is 1. The molecule has 0 aliphatic rings. The summed E-state index contributed by atoms with van der Waals surface area (Å²) < 4.78 is 19.1. The fraction of sp³-hybridized carbons (Fsp3) is 0.222. The molecule has 0 saturated heterocycles. The standard InChI is InChI=1S/C27H28FNO2/c1-19-15-20(2)17-24(16-19)22-8-12-27(31-14-13-29(3)4)23(18-22)7-11-26(30)21-5-9-25(28)10-6-21/h5-12,15-18H,13-14H2,1-4H3. The number of carbonyl (C=O) groups is 1. The molecular formula is C27H28FNO2. The third kappa shape index (κ3) is 6.37. The number of allylic oxidation sites excluding steroid dienone is 1. The molecule has 0 saturated carbocycles. The Kier molecular flexibility index (Phi) is 7.37. The molecular weight excluding hydrogens is 389 g/mol. The van der Waals surface area contributed by atoms with Crippen LogP contribution in [-0.4, -0.2) is 37.9 Å². The summed E-state index contributed by atoms with van der Waals surface area (Å²) >= 11 is 0. The first-order valence-electron chi connectivity index (χ1n) is 10.3. The van der Waals surface area contributed by atoms with Gasteiger partial charge in [-0.05, 0) is 87.6 Å². The van der Waals surface area contributed by atoms with Gasteiger partial charge in [0.1, 0.15) is 18.2 Å². The highest BCUT2D eigenvalue weighted by Crippen LogP contribution is 2.29. The minimum Gasteiger partial charge on any atom is -0.492 e. The third-order valence-corrected chi connectivity index (χ3v) is 4.90. The minimum atomic E-state index is -0.363. The first kappa shape index (κ1) is 22.4. The molecule has 3 aromatic rings. The quantitative estimate of drug-likeness (QED) is 0.335. The molecule has 3 aromatic carbocycles. The van der Waals surface area contributed by atoms with E-state index in [2.05, 4.69) is 36.9 Å². The molecule has 0 heterocycles. The van der Waals surface area contributed by atoms with Crippen LogP contribution < -0.4 is 4.74 Å². The number of likely N-dealkylation sites (N-methyl/N-ethyl adjacent to an activating group) is 1. The Labute approximate surface area is 183 Å². The number of hydrogen-bond donors (Lipinski definition) is 0. The van der Waals surface area contributed by atoms with Crippen molar-refractivity contribution in [1.82, 2.24) is 4.90 Å². The topological polar surface area (TPSA) is 29.5 Å². The molecule has 0 fully saturated rings. The van der Waals surface area contributed by atoms with Gasteiger partial charge in [-0.2, -0.15) is 0 Å². The van der Waals surface area contributed by atoms with Crippen LogP contribution in [0.25, 0.3) is 17.2 Å². The lowest BCUT2D eigenvalue weighted by atomic mass is 9.98. The van der Waals surface area contributed by atoms with Crippen LogP contribution in [0.3, 0.4) is 0 Å². The smallest absolute Gasteiger partial charge is 0.185 e. The number of rotatable bonds is 8. The van der Waals surface area contributed by atoms with Crippen LogP contribution in [-0.2, 0) is 0 Å². The lowest BCUT2D eigenvalue weighted by molar-refractivity contribution is 0.104. The van der Waals surface area contributed by atoms with Crippen LogP contribution in [0, 0.1) is 19.7 Å². The van der Waals surface area contributed by atoms with E-state index in [1.54, 1.807) is 6.08 Å². The molecule has 0 spiro atoms. The largest absolute Gasteiger partial charge is 0.492 e. The second-order valence-corrected chi connectivity index (χ2v) is 7.99. The molecule has 0 atom stereocenters. The summed E-state index contributed by atoms with van der Waals surface area (Å²) in [6.45, 7) is 5.49. The molecule has 4 heteroatoms. The highest BCUT2D eigenvalue weighted by Gasteiger charge is 2.08. The van der Waals surface area contributed by atoms with E-state index in [0.29, 0.717) is 12.2 Å². The van der Waals surface area contributed by atoms with Crippen molar-refractivity contribution in [2.75, 3.05) is 27.2 Å². The number of aryl methyl sites for hydroxylation is 2. The number of halogens is 1. The lowest BCUT2D eigenvalue weighted by Gasteiger charge is -2.14. The predicted octanol–water partition coefficient (Wildman–Crippen LogP) is 5.95. The van der Waals surface area contributed by atoms with E-state index in [-0.39, 0.29) is 11.6 Å². The van der Waals surface area contributed by atoms with Gasteiger partial charge in [0.15, 0.2) is 5.78 Å². The molecule has 0 aliphatic heterocycles. The van der Waals surface area contributed by atoms with E-state index in [0.717, 1.165) is 29.0 Å². The van der Waals surface area contributed by atoms with Crippen LogP contribution >= 0.6 is 0 Å². The Bertz CT molecular complexity index is 1060. The lowest BCUT2D eigenvalue weighted by Crippen LogP contribution is -2.19. The minimum absolute atomic E-state index is 0.184. The summed E-state index contributed by atoms with van der Waals surface area (Å²) in [5, 5.41) is 0. The molecule has 0 amide bonds. The molecule has 0 radical (unpaired) electrons. The summed E-state index contributed by atoms with van der Waals surface area (Å²) in [7, 11) is 3.99. The van der Waals surface area contributed by atoms with Crippen molar-refractivity contribution in [2.45, 2.75) is 13.8 Å². The SMILES string of the molecule is Cc1cc(C)cc(-c2ccc(OCCN(C)C)c(C=CC(=O)c3ccc(F)cc3)c2)c1. The molecule has 3 nitrogen and oxygen atoms in total. The molecule has 31 heavy (non-hydrogen) atoms. The van der Waals surface area contributed by atoms with Gasteiger partial charge in [-0.3, -0.25) is 4.79 Å². The fourth-order valence-electron chi connectivity index (χ4n) is 3.35. The fourth-order valence-corrected chi connectivity index (χ4v) is 3.35. The highest BCUT2D eigenvalue weighted by molar-refractivity contribution is 6.07. The maximum absolute atomic E-state index is 13.1. The van der Waals surface area contributed by atoms with E-state index in [1.807, 2.05) is 32.3 Å². The Hall–Kier alpha value is -3.24. The predicted molar refractivity (Wildman–Crippen MR) is 125 cm³/mol. The Balaban J connectivity index is 1.92. The van der Waals surface area contributed by atoms with Crippen molar-refractivity contribution in [3.63, 3.8) is 0 Å². The van der Waals surface area contributed by atoms with E-state index in [1.165, 1.54) is 41.5 Å². The number of ketones is 1. The van der Waals surface area contributed by atoms with Crippen LogP contribution in [0.1, 0.15) is 27.0 Å². The maximum Gasteiger partial charge on any atom is 0.185 e. The highest BCUT2D eigenvalue weighted by atomic mass is 19.1. The van der Waals surface area contributed by atoms with Crippen molar-refractivity contribution < 1.29 is 13.9 Å². The zero-order chi connectivity index (χ0) is 22.4. The first-order chi connectivity index (χ1) is 14.8. The van der Waals surface area contributed by atoms with Crippen molar-refractivity contribution in [3.8, 4) is 16.9 Å². The zero-order valence-corrected chi connectivity index (χ0v) is 18.5. The number of ether oxygens (including phenoxy) is 1. The monoisotopic (exact) mass is 417 g/mol. The van der Waals surface area contributed by atoms with E-state index in [9.17, 15) is 9.18 Å². The third-order valence-electron chi connectivity index (χ3n) is 4.90. The summed E-state index contributed by atoms with van der Waals surface area (Å²) in [5.41, 5.74) is 5.84. The van der Waals surface area contributed by atoms with Crippen LogP contribution in [0.2, 0.25) is 0 Å². The first-order valence-corrected chi connectivity index (χ1v) is 10.3. The normalized spacial score (nSPS) is 11.3. The molecule has 3 rings (SSSR count). The van der Waals surface area contributed by atoms with Crippen LogP contribution in [0.5, 0.6) is 5.75 Å². The van der Waals surface area contributed by atoms with Crippen molar-refractivity contribution in [1.29, 1.82) is 0 Å². The number of carbonyl (C=O) groups excluding carboxylic acids is 1. The summed E-state index contributed by atoms with van der Waals surface area (Å²) in [6, 6.07) is 18.0.